The van der Waals surface area contributed by atoms with Crippen molar-refractivity contribution in [3.8, 4) is 5.75 Å². The van der Waals surface area contributed by atoms with Gasteiger partial charge in [0.15, 0.2) is 0 Å². The summed E-state index contributed by atoms with van der Waals surface area (Å²) in [4.78, 5) is 29.1. The molecular weight excluding hydrogens is 354 g/mol. The van der Waals surface area contributed by atoms with Crippen molar-refractivity contribution in [2.24, 2.45) is 5.73 Å². The lowest BCUT2D eigenvalue weighted by Crippen LogP contribution is -2.39. The van der Waals surface area contributed by atoms with Crippen LogP contribution in [0.3, 0.4) is 0 Å². The Hall–Kier alpha value is -2.86. The predicted molar refractivity (Wildman–Crippen MR) is 109 cm³/mol. The van der Waals surface area contributed by atoms with Gasteiger partial charge in [0.2, 0.25) is 5.91 Å². The minimum atomic E-state index is -0.0862. The molecule has 28 heavy (non-hydrogen) atoms. The van der Waals surface area contributed by atoms with Crippen LogP contribution in [0.15, 0.2) is 48.5 Å². The first-order valence-corrected chi connectivity index (χ1v) is 9.74. The van der Waals surface area contributed by atoms with E-state index < -0.39 is 0 Å². The van der Waals surface area contributed by atoms with Gasteiger partial charge in [-0.15, -0.1) is 0 Å². The van der Waals surface area contributed by atoms with Crippen LogP contribution in [0.1, 0.15) is 35.7 Å². The van der Waals surface area contributed by atoms with Gasteiger partial charge in [0, 0.05) is 6.54 Å². The summed E-state index contributed by atoms with van der Waals surface area (Å²) in [5.41, 5.74) is 7.70. The van der Waals surface area contributed by atoms with E-state index in [0.29, 0.717) is 37.5 Å². The number of hydrogen-bond acceptors (Lipinski definition) is 4. The summed E-state index contributed by atoms with van der Waals surface area (Å²) in [7, 11) is 0. The quantitative estimate of drug-likeness (QED) is 0.714. The first-order valence-electron chi connectivity index (χ1n) is 9.74. The largest absolute Gasteiger partial charge is 0.494 e. The molecule has 0 spiro atoms. The van der Waals surface area contributed by atoms with E-state index in [1.54, 1.807) is 15.9 Å². The van der Waals surface area contributed by atoms with Crippen molar-refractivity contribution in [3.05, 3.63) is 59.7 Å². The van der Waals surface area contributed by atoms with Crippen LogP contribution in [0, 0.1) is 0 Å². The first-order chi connectivity index (χ1) is 13.6. The normalized spacial score (nSPS) is 14.1. The third-order valence-electron chi connectivity index (χ3n) is 4.71. The van der Waals surface area contributed by atoms with Gasteiger partial charge in [-0.2, -0.15) is 0 Å². The molecule has 0 aliphatic carbocycles. The number of hydrogen-bond donors (Lipinski definition) is 1. The zero-order valence-corrected chi connectivity index (χ0v) is 16.3. The van der Waals surface area contributed by atoms with E-state index in [2.05, 4.69) is 0 Å². The molecule has 1 heterocycles. The van der Waals surface area contributed by atoms with Gasteiger partial charge in [0.1, 0.15) is 12.3 Å². The van der Waals surface area contributed by atoms with Gasteiger partial charge in [-0.05, 0) is 49.2 Å². The fraction of sp³-hybridized carbons (Fsp3) is 0.364. The molecule has 6 heteroatoms. The number of nitrogens with zero attached hydrogens (tertiary/aromatic N) is 2. The second-order valence-electron chi connectivity index (χ2n) is 6.86. The number of carbonyl (C=O) groups is 2. The van der Waals surface area contributed by atoms with Crippen molar-refractivity contribution in [2.45, 2.75) is 26.3 Å². The third-order valence-corrected chi connectivity index (χ3v) is 4.71. The van der Waals surface area contributed by atoms with Crippen molar-refractivity contribution in [1.82, 2.24) is 4.90 Å². The van der Waals surface area contributed by atoms with E-state index in [0.717, 1.165) is 24.2 Å². The van der Waals surface area contributed by atoms with Gasteiger partial charge in [-0.25, -0.2) is 0 Å². The van der Waals surface area contributed by atoms with Crippen LogP contribution in [-0.4, -0.2) is 43.0 Å². The molecular formula is C22H27N3O3. The molecule has 0 saturated carbocycles. The summed E-state index contributed by atoms with van der Waals surface area (Å²) in [6, 6.07) is 15.0. The Morgan fingerprint density at radius 2 is 1.82 bits per heavy atom. The van der Waals surface area contributed by atoms with Gasteiger partial charge in [0.25, 0.3) is 5.91 Å². The summed E-state index contributed by atoms with van der Waals surface area (Å²) in [6.45, 7) is 4.27. The van der Waals surface area contributed by atoms with E-state index in [1.807, 2.05) is 49.4 Å². The first kappa shape index (κ1) is 19.9. The predicted octanol–water partition coefficient (Wildman–Crippen LogP) is 2.81. The van der Waals surface area contributed by atoms with Crippen molar-refractivity contribution in [1.29, 1.82) is 0 Å². The van der Waals surface area contributed by atoms with Crippen molar-refractivity contribution in [3.63, 3.8) is 0 Å². The van der Waals surface area contributed by atoms with Crippen molar-refractivity contribution >= 4 is 17.5 Å². The van der Waals surface area contributed by atoms with Crippen molar-refractivity contribution < 1.29 is 14.3 Å². The van der Waals surface area contributed by atoms with E-state index in [-0.39, 0.29) is 18.4 Å². The summed E-state index contributed by atoms with van der Waals surface area (Å²) in [5.74, 6) is 0.621. The Morgan fingerprint density at radius 3 is 2.54 bits per heavy atom. The lowest BCUT2D eigenvalue weighted by Gasteiger charge is -2.23. The minimum absolute atomic E-state index is 0.0741. The summed E-state index contributed by atoms with van der Waals surface area (Å²) in [5, 5.41) is 0. The molecule has 0 bridgehead atoms. The standard InChI is InChI=1S/C22H27N3O3/c1-2-13-24-16-21(26)25(20-7-4-3-6-19(20)22(24)27)15-17-8-10-18(11-9-17)28-14-5-12-23/h3-4,6-11H,2,5,12-16,23H2,1H3. The molecule has 0 fully saturated rings. The van der Waals surface area contributed by atoms with Crippen LogP contribution in [-0.2, 0) is 11.3 Å². The molecule has 0 aromatic heterocycles. The molecule has 2 aromatic carbocycles. The zero-order chi connectivity index (χ0) is 19.9. The van der Waals surface area contributed by atoms with Gasteiger partial charge in [-0.1, -0.05) is 31.2 Å². The average molecular weight is 381 g/mol. The average Bonchev–Trinajstić information content (AvgIpc) is 2.81. The summed E-state index contributed by atoms with van der Waals surface area (Å²) in [6.07, 6.45) is 1.62. The van der Waals surface area contributed by atoms with Gasteiger partial charge in [0.05, 0.1) is 24.4 Å². The number of fused-ring (bicyclic) bond motifs is 1. The van der Waals surface area contributed by atoms with Crippen LogP contribution in [0.4, 0.5) is 5.69 Å². The van der Waals surface area contributed by atoms with Crippen LogP contribution >= 0.6 is 0 Å². The maximum absolute atomic E-state index is 12.9. The molecule has 1 aliphatic rings. The molecule has 3 rings (SSSR count). The van der Waals surface area contributed by atoms with E-state index >= 15 is 0 Å². The number of anilines is 1. The molecule has 0 saturated heterocycles. The summed E-state index contributed by atoms with van der Waals surface area (Å²) >= 11 is 0. The maximum atomic E-state index is 12.9. The van der Waals surface area contributed by atoms with E-state index in [4.69, 9.17) is 10.5 Å². The maximum Gasteiger partial charge on any atom is 0.256 e. The molecule has 2 aromatic rings. The van der Waals surface area contributed by atoms with E-state index in [9.17, 15) is 9.59 Å². The number of carbonyl (C=O) groups excluding carboxylic acids is 2. The smallest absolute Gasteiger partial charge is 0.256 e. The van der Waals surface area contributed by atoms with E-state index in [1.165, 1.54) is 0 Å². The SMILES string of the molecule is CCCN1CC(=O)N(Cc2ccc(OCCCN)cc2)c2ccccc2C1=O. The molecule has 148 valence electrons. The Balaban J connectivity index is 1.82. The number of amides is 2. The number of benzene rings is 2. The number of para-hydroxylation sites is 1. The number of rotatable bonds is 8. The molecule has 0 radical (unpaired) electrons. The van der Waals surface area contributed by atoms with Crippen LogP contribution in [0.2, 0.25) is 0 Å². The summed E-state index contributed by atoms with van der Waals surface area (Å²) < 4.78 is 5.63. The van der Waals surface area contributed by atoms with Gasteiger partial charge in [-0.3, -0.25) is 9.59 Å². The van der Waals surface area contributed by atoms with Crippen molar-refractivity contribution in [2.75, 3.05) is 31.1 Å². The lowest BCUT2D eigenvalue weighted by atomic mass is 10.1. The molecule has 6 nitrogen and oxygen atoms in total. The number of nitrogens with two attached hydrogens (primary N) is 1. The molecule has 1 aliphatic heterocycles. The Kier molecular flexibility index (Phi) is 6.66. The Bertz CT molecular complexity index is 820. The molecule has 2 amide bonds. The van der Waals surface area contributed by atoms with Gasteiger partial charge < -0.3 is 20.3 Å². The van der Waals surface area contributed by atoms with Crippen LogP contribution in [0.25, 0.3) is 0 Å². The molecule has 0 unspecified atom stereocenters. The minimum Gasteiger partial charge on any atom is -0.494 e. The lowest BCUT2D eigenvalue weighted by molar-refractivity contribution is -0.119. The molecule has 2 N–H and O–H groups in total. The Morgan fingerprint density at radius 1 is 1.07 bits per heavy atom. The second-order valence-corrected chi connectivity index (χ2v) is 6.86. The Labute approximate surface area is 165 Å². The highest BCUT2D eigenvalue weighted by molar-refractivity contribution is 6.09. The van der Waals surface area contributed by atoms with Gasteiger partial charge >= 0.3 is 0 Å². The fourth-order valence-corrected chi connectivity index (χ4v) is 3.29. The fourth-order valence-electron chi connectivity index (χ4n) is 3.29. The highest BCUT2D eigenvalue weighted by atomic mass is 16.5. The second kappa shape index (κ2) is 9.37. The topological polar surface area (TPSA) is 75.9 Å². The number of ether oxygens (including phenoxy) is 1. The third kappa shape index (κ3) is 4.51. The highest BCUT2D eigenvalue weighted by Gasteiger charge is 2.30. The van der Waals surface area contributed by atoms with Crippen LogP contribution in [0.5, 0.6) is 5.75 Å². The molecule has 0 atom stereocenters. The monoisotopic (exact) mass is 381 g/mol. The van der Waals surface area contributed by atoms with Crippen LogP contribution < -0.4 is 15.4 Å². The zero-order valence-electron chi connectivity index (χ0n) is 16.3. The highest BCUT2D eigenvalue weighted by Crippen LogP contribution is 2.27.